The average molecular weight is 279 g/mol. The fraction of sp³-hybridized carbons (Fsp3) is 0.0588. The van der Waals surface area contributed by atoms with E-state index in [0.29, 0.717) is 11.3 Å². The number of benzene rings is 2. The summed E-state index contributed by atoms with van der Waals surface area (Å²) in [4.78, 5) is 8.46. The standard InChI is InChI=1S/C17H14FN3/c1-11-4-2-5-12(8-11)15-10-16(21-17(19)20-15)13-6-3-7-14(18)9-13/h2-10H,1H3,(H2,19,20,21). The third-order valence-electron chi connectivity index (χ3n) is 3.18. The number of halogens is 1. The number of hydrogen-bond donors (Lipinski definition) is 1. The van der Waals surface area contributed by atoms with E-state index in [1.807, 2.05) is 37.3 Å². The molecule has 0 fully saturated rings. The summed E-state index contributed by atoms with van der Waals surface area (Å²) in [6.45, 7) is 2.02. The molecule has 104 valence electrons. The van der Waals surface area contributed by atoms with Gasteiger partial charge in [0.2, 0.25) is 5.95 Å². The van der Waals surface area contributed by atoms with Gasteiger partial charge in [0.25, 0.3) is 0 Å². The van der Waals surface area contributed by atoms with Gasteiger partial charge < -0.3 is 5.73 Å². The molecule has 1 heterocycles. The molecule has 4 heteroatoms. The predicted molar refractivity (Wildman–Crippen MR) is 82.0 cm³/mol. The van der Waals surface area contributed by atoms with Gasteiger partial charge in [0.05, 0.1) is 11.4 Å². The average Bonchev–Trinajstić information content (AvgIpc) is 2.46. The number of nitrogens with two attached hydrogens (primary N) is 1. The normalized spacial score (nSPS) is 10.6. The van der Waals surface area contributed by atoms with Crippen LogP contribution in [0.25, 0.3) is 22.5 Å². The first-order chi connectivity index (χ1) is 10.1. The fourth-order valence-corrected chi connectivity index (χ4v) is 2.21. The molecular weight excluding hydrogens is 265 g/mol. The molecule has 0 saturated heterocycles. The van der Waals surface area contributed by atoms with E-state index in [1.165, 1.54) is 12.1 Å². The number of nitrogens with zero attached hydrogens (tertiary/aromatic N) is 2. The first kappa shape index (κ1) is 13.2. The maximum absolute atomic E-state index is 13.4. The third kappa shape index (κ3) is 2.89. The van der Waals surface area contributed by atoms with Crippen LogP contribution in [-0.2, 0) is 0 Å². The largest absolute Gasteiger partial charge is 0.368 e. The summed E-state index contributed by atoms with van der Waals surface area (Å²) in [5.41, 5.74) is 9.91. The molecule has 3 aromatic rings. The van der Waals surface area contributed by atoms with Crippen molar-refractivity contribution in [2.45, 2.75) is 6.92 Å². The van der Waals surface area contributed by atoms with Crippen LogP contribution in [0.1, 0.15) is 5.56 Å². The Morgan fingerprint density at radius 2 is 1.48 bits per heavy atom. The Balaban J connectivity index is 2.12. The molecule has 0 bridgehead atoms. The molecule has 1 aromatic heterocycles. The van der Waals surface area contributed by atoms with Crippen molar-refractivity contribution in [2.24, 2.45) is 0 Å². The lowest BCUT2D eigenvalue weighted by Gasteiger charge is -2.07. The van der Waals surface area contributed by atoms with Crippen molar-refractivity contribution in [1.29, 1.82) is 0 Å². The number of rotatable bonds is 2. The second-order valence-electron chi connectivity index (χ2n) is 4.88. The monoisotopic (exact) mass is 279 g/mol. The van der Waals surface area contributed by atoms with Crippen LogP contribution >= 0.6 is 0 Å². The molecule has 0 saturated carbocycles. The van der Waals surface area contributed by atoms with Gasteiger partial charge in [-0.2, -0.15) is 0 Å². The van der Waals surface area contributed by atoms with Crippen molar-refractivity contribution in [1.82, 2.24) is 9.97 Å². The van der Waals surface area contributed by atoms with Gasteiger partial charge in [-0.1, -0.05) is 35.9 Å². The molecule has 0 aliphatic carbocycles. The van der Waals surface area contributed by atoms with Crippen molar-refractivity contribution in [3.63, 3.8) is 0 Å². The molecule has 21 heavy (non-hydrogen) atoms. The lowest BCUT2D eigenvalue weighted by molar-refractivity contribution is 0.628. The van der Waals surface area contributed by atoms with Gasteiger partial charge in [-0.3, -0.25) is 0 Å². The van der Waals surface area contributed by atoms with Gasteiger partial charge in [-0.05, 0) is 31.2 Å². The van der Waals surface area contributed by atoms with E-state index in [2.05, 4.69) is 9.97 Å². The van der Waals surface area contributed by atoms with Crippen molar-refractivity contribution in [3.8, 4) is 22.5 Å². The maximum atomic E-state index is 13.4. The molecule has 0 spiro atoms. The number of anilines is 1. The second kappa shape index (κ2) is 5.32. The Bertz CT molecular complexity index is 736. The van der Waals surface area contributed by atoms with E-state index >= 15 is 0 Å². The highest BCUT2D eigenvalue weighted by atomic mass is 19.1. The number of hydrogen-bond acceptors (Lipinski definition) is 3. The lowest BCUT2D eigenvalue weighted by atomic mass is 10.1. The van der Waals surface area contributed by atoms with E-state index in [0.717, 1.165) is 16.8 Å². The summed E-state index contributed by atoms with van der Waals surface area (Å²) >= 11 is 0. The number of aromatic nitrogens is 2. The Kier molecular flexibility index (Phi) is 3.36. The zero-order chi connectivity index (χ0) is 14.8. The van der Waals surface area contributed by atoms with Crippen LogP contribution in [-0.4, -0.2) is 9.97 Å². The van der Waals surface area contributed by atoms with E-state index in [9.17, 15) is 4.39 Å². The minimum atomic E-state index is -0.304. The highest BCUT2D eigenvalue weighted by molar-refractivity contribution is 5.69. The van der Waals surface area contributed by atoms with Crippen molar-refractivity contribution in [3.05, 3.63) is 66.0 Å². The topological polar surface area (TPSA) is 51.8 Å². The van der Waals surface area contributed by atoms with Crippen LogP contribution in [0.3, 0.4) is 0 Å². The minimum Gasteiger partial charge on any atom is -0.368 e. The third-order valence-corrected chi connectivity index (χ3v) is 3.18. The van der Waals surface area contributed by atoms with Gasteiger partial charge in [-0.15, -0.1) is 0 Å². The summed E-state index contributed by atoms with van der Waals surface area (Å²) < 4.78 is 13.4. The molecule has 2 N–H and O–H groups in total. The van der Waals surface area contributed by atoms with Crippen LogP contribution in [0.15, 0.2) is 54.6 Å². The van der Waals surface area contributed by atoms with E-state index in [1.54, 1.807) is 12.1 Å². The van der Waals surface area contributed by atoms with Gasteiger partial charge in [0.15, 0.2) is 0 Å². The Morgan fingerprint density at radius 3 is 2.10 bits per heavy atom. The Labute approximate surface area is 122 Å². The van der Waals surface area contributed by atoms with Crippen LogP contribution in [0.2, 0.25) is 0 Å². The first-order valence-corrected chi connectivity index (χ1v) is 6.59. The van der Waals surface area contributed by atoms with Crippen molar-refractivity contribution in [2.75, 3.05) is 5.73 Å². The van der Waals surface area contributed by atoms with Crippen molar-refractivity contribution >= 4 is 5.95 Å². The minimum absolute atomic E-state index is 0.174. The molecule has 0 aliphatic heterocycles. The van der Waals surface area contributed by atoms with Gasteiger partial charge in [-0.25, -0.2) is 14.4 Å². The van der Waals surface area contributed by atoms with Crippen LogP contribution in [0, 0.1) is 12.7 Å². The number of aryl methyl sites for hydroxylation is 1. The molecular formula is C17H14FN3. The first-order valence-electron chi connectivity index (χ1n) is 6.59. The van der Waals surface area contributed by atoms with Crippen molar-refractivity contribution < 1.29 is 4.39 Å². The second-order valence-corrected chi connectivity index (χ2v) is 4.88. The Morgan fingerprint density at radius 1 is 0.857 bits per heavy atom. The van der Waals surface area contributed by atoms with Gasteiger partial charge in [0, 0.05) is 11.1 Å². The van der Waals surface area contributed by atoms with Crippen LogP contribution < -0.4 is 5.73 Å². The zero-order valence-corrected chi connectivity index (χ0v) is 11.5. The molecule has 0 aliphatic rings. The van der Waals surface area contributed by atoms with Crippen LogP contribution in [0.4, 0.5) is 10.3 Å². The van der Waals surface area contributed by atoms with Gasteiger partial charge >= 0.3 is 0 Å². The molecule has 0 radical (unpaired) electrons. The van der Waals surface area contributed by atoms with E-state index in [4.69, 9.17) is 5.73 Å². The zero-order valence-electron chi connectivity index (χ0n) is 11.5. The predicted octanol–water partition coefficient (Wildman–Crippen LogP) is 3.84. The van der Waals surface area contributed by atoms with E-state index < -0.39 is 0 Å². The molecule has 3 rings (SSSR count). The Hall–Kier alpha value is -2.75. The van der Waals surface area contributed by atoms with Gasteiger partial charge in [0.1, 0.15) is 5.82 Å². The van der Waals surface area contributed by atoms with Crippen LogP contribution in [0.5, 0.6) is 0 Å². The summed E-state index contributed by atoms with van der Waals surface area (Å²) in [7, 11) is 0. The fourth-order valence-electron chi connectivity index (χ4n) is 2.21. The summed E-state index contributed by atoms with van der Waals surface area (Å²) in [5, 5.41) is 0. The summed E-state index contributed by atoms with van der Waals surface area (Å²) in [6, 6.07) is 16.1. The molecule has 3 nitrogen and oxygen atoms in total. The quantitative estimate of drug-likeness (QED) is 0.775. The molecule has 0 unspecified atom stereocenters. The summed E-state index contributed by atoms with van der Waals surface area (Å²) in [6.07, 6.45) is 0. The SMILES string of the molecule is Cc1cccc(-c2cc(-c3cccc(F)c3)nc(N)n2)c1. The lowest BCUT2D eigenvalue weighted by Crippen LogP contribution is -1.99. The van der Waals surface area contributed by atoms with E-state index in [-0.39, 0.29) is 11.8 Å². The number of nitrogen functional groups attached to an aromatic ring is 1. The highest BCUT2D eigenvalue weighted by Gasteiger charge is 2.07. The smallest absolute Gasteiger partial charge is 0.221 e. The molecule has 0 atom stereocenters. The molecule has 0 amide bonds. The molecule has 2 aromatic carbocycles. The maximum Gasteiger partial charge on any atom is 0.221 e. The summed E-state index contributed by atoms with van der Waals surface area (Å²) in [5.74, 6) is -0.130. The highest BCUT2D eigenvalue weighted by Crippen LogP contribution is 2.25.